The number of para-hydroxylation sites is 2. The van der Waals surface area contributed by atoms with Crippen molar-refractivity contribution < 1.29 is 29.0 Å². The molecule has 4 atom stereocenters. The molecule has 4 rings (SSSR count). The van der Waals surface area contributed by atoms with Gasteiger partial charge in [-0.15, -0.1) is 0 Å². The van der Waals surface area contributed by atoms with Crippen LogP contribution in [0.4, 0.5) is 17.1 Å². The lowest BCUT2D eigenvalue weighted by Crippen LogP contribution is -2.47. The monoisotopic (exact) mass is 797 g/mol. The van der Waals surface area contributed by atoms with Crippen LogP contribution in [0.3, 0.4) is 0 Å². The molecule has 300 valence electrons. The quantitative estimate of drug-likeness (QED) is 0.0948. The average molecular weight is 799 g/mol. The summed E-state index contributed by atoms with van der Waals surface area (Å²) in [6.45, 7) is 7.78. The topological polar surface area (TPSA) is 146 Å². The number of aliphatic hydroxyl groups is 1. The van der Waals surface area contributed by atoms with E-state index in [0.717, 1.165) is 24.8 Å². The average Bonchev–Trinajstić information content (AvgIpc) is 3.15. The minimum atomic E-state index is -0.493. The van der Waals surface area contributed by atoms with Gasteiger partial charge in [0.1, 0.15) is 5.75 Å². The molecule has 1 aliphatic rings. The van der Waals surface area contributed by atoms with Gasteiger partial charge in [0.2, 0.25) is 11.8 Å². The molecule has 3 aromatic carbocycles. The molecule has 11 nitrogen and oxygen atoms in total. The van der Waals surface area contributed by atoms with Crippen molar-refractivity contribution in [1.82, 2.24) is 9.80 Å². The lowest BCUT2D eigenvalue weighted by molar-refractivity contribution is -0.116. The van der Waals surface area contributed by atoms with Crippen molar-refractivity contribution in [2.75, 3.05) is 49.7 Å². The van der Waals surface area contributed by atoms with Gasteiger partial charge in [-0.05, 0) is 101 Å². The molecule has 0 fully saturated rings. The zero-order chi connectivity index (χ0) is 39.9. The largest absolute Gasteiger partial charge is 0.490 e. The van der Waals surface area contributed by atoms with Crippen LogP contribution in [0.25, 0.3) is 0 Å². The van der Waals surface area contributed by atoms with E-state index in [1.807, 2.05) is 45.2 Å². The summed E-state index contributed by atoms with van der Waals surface area (Å²) in [4.78, 5) is 43.7. The minimum Gasteiger partial charge on any atom is -0.490 e. The van der Waals surface area contributed by atoms with Gasteiger partial charge < -0.3 is 35.8 Å². The van der Waals surface area contributed by atoms with Crippen molar-refractivity contribution >= 4 is 58.0 Å². The number of nitrogens with two attached hydrogens (primary N) is 1. The summed E-state index contributed by atoms with van der Waals surface area (Å²) in [7, 11) is 2.02. The Morgan fingerprint density at radius 3 is 2.42 bits per heavy atom. The predicted octanol–water partition coefficient (Wildman–Crippen LogP) is 8.03. The van der Waals surface area contributed by atoms with E-state index in [4.69, 9.17) is 38.4 Å². The molecule has 0 bridgehead atoms. The van der Waals surface area contributed by atoms with Crippen molar-refractivity contribution in [2.45, 2.75) is 96.9 Å². The number of carbonyl (C=O) groups excluding carboxylic acids is 3. The number of hydrogen-bond acceptors (Lipinski definition) is 8. The normalized spacial score (nSPS) is 18.9. The Bertz CT molecular complexity index is 1730. The van der Waals surface area contributed by atoms with E-state index in [9.17, 15) is 19.5 Å². The van der Waals surface area contributed by atoms with Crippen LogP contribution in [0, 0.1) is 5.92 Å². The molecule has 55 heavy (non-hydrogen) atoms. The van der Waals surface area contributed by atoms with E-state index in [-0.39, 0.29) is 48.9 Å². The fourth-order valence-corrected chi connectivity index (χ4v) is 6.90. The highest BCUT2D eigenvalue weighted by Gasteiger charge is 2.30. The maximum absolute atomic E-state index is 14.5. The first kappa shape index (κ1) is 43.9. The molecule has 0 unspecified atom stereocenters. The SMILES string of the molecule is C[C@@H]1CCCCO[C@H](CN(C)Cc2ccc(Cl)c(Cl)c2)[C@@H](C)CN([C@H](C)CO)C(=O)c2cc(NC(=O)CCCCCC(=O)Nc3ccccc3N)ccc2O1. The second-order valence-corrected chi connectivity index (χ2v) is 15.5. The number of fused-ring (bicyclic) bond motifs is 1. The highest BCUT2D eigenvalue weighted by atomic mass is 35.5. The van der Waals surface area contributed by atoms with Crippen LogP contribution in [-0.2, 0) is 20.9 Å². The van der Waals surface area contributed by atoms with Gasteiger partial charge in [0.15, 0.2) is 0 Å². The molecule has 0 saturated heterocycles. The Morgan fingerprint density at radius 2 is 1.71 bits per heavy atom. The molecular weight excluding hydrogens is 741 g/mol. The first-order valence-electron chi connectivity index (χ1n) is 19.2. The van der Waals surface area contributed by atoms with E-state index in [1.165, 1.54) is 0 Å². The summed E-state index contributed by atoms with van der Waals surface area (Å²) in [6.07, 6.45) is 4.66. The number of nitrogens with zero attached hydrogens (tertiary/aromatic N) is 2. The highest BCUT2D eigenvalue weighted by Crippen LogP contribution is 2.29. The van der Waals surface area contributed by atoms with Gasteiger partial charge in [0.25, 0.3) is 5.91 Å². The molecule has 1 aliphatic heterocycles. The second kappa shape index (κ2) is 22.0. The molecule has 3 amide bonds. The molecule has 0 aromatic heterocycles. The molecule has 0 aliphatic carbocycles. The molecule has 13 heteroatoms. The number of hydrogen-bond donors (Lipinski definition) is 4. The Kier molecular flexibility index (Phi) is 17.6. The van der Waals surface area contributed by atoms with Crippen LogP contribution in [0.1, 0.15) is 88.1 Å². The maximum Gasteiger partial charge on any atom is 0.258 e. The number of anilines is 3. The van der Waals surface area contributed by atoms with Gasteiger partial charge in [0, 0.05) is 50.7 Å². The van der Waals surface area contributed by atoms with E-state index < -0.39 is 6.04 Å². The summed E-state index contributed by atoms with van der Waals surface area (Å²) in [6, 6.07) is 17.4. The number of rotatable bonds is 14. The van der Waals surface area contributed by atoms with Gasteiger partial charge in [-0.2, -0.15) is 0 Å². The zero-order valence-corrected chi connectivity index (χ0v) is 34.0. The number of unbranched alkanes of at least 4 members (excludes halogenated alkanes) is 2. The van der Waals surface area contributed by atoms with Crippen LogP contribution in [0.2, 0.25) is 10.0 Å². The zero-order valence-electron chi connectivity index (χ0n) is 32.5. The third-order valence-electron chi connectivity index (χ3n) is 9.81. The minimum absolute atomic E-state index is 0.0918. The maximum atomic E-state index is 14.5. The van der Waals surface area contributed by atoms with Gasteiger partial charge in [-0.3, -0.25) is 19.3 Å². The third kappa shape index (κ3) is 14.0. The van der Waals surface area contributed by atoms with Gasteiger partial charge in [-0.25, -0.2) is 0 Å². The summed E-state index contributed by atoms with van der Waals surface area (Å²) >= 11 is 12.4. The number of nitrogens with one attached hydrogen (secondary N) is 2. The fraction of sp³-hybridized carbons (Fsp3) is 0.500. The second-order valence-electron chi connectivity index (χ2n) is 14.7. The molecule has 0 radical (unpaired) electrons. The summed E-state index contributed by atoms with van der Waals surface area (Å²) in [5.74, 6) is -0.279. The van der Waals surface area contributed by atoms with Crippen molar-refractivity contribution in [3.63, 3.8) is 0 Å². The smallest absolute Gasteiger partial charge is 0.258 e. The molecular formula is C42H57Cl2N5O6. The molecule has 5 N–H and O–H groups in total. The lowest BCUT2D eigenvalue weighted by atomic mass is 10.0. The van der Waals surface area contributed by atoms with Crippen molar-refractivity contribution in [3.05, 3.63) is 81.8 Å². The number of halogens is 2. The molecule has 0 saturated carbocycles. The predicted molar refractivity (Wildman–Crippen MR) is 221 cm³/mol. The first-order chi connectivity index (χ1) is 26.3. The Morgan fingerprint density at radius 1 is 0.982 bits per heavy atom. The molecule has 3 aromatic rings. The summed E-state index contributed by atoms with van der Waals surface area (Å²) in [5, 5.41) is 17.1. The van der Waals surface area contributed by atoms with Crippen molar-refractivity contribution in [2.24, 2.45) is 5.92 Å². The van der Waals surface area contributed by atoms with Gasteiger partial charge >= 0.3 is 0 Å². The van der Waals surface area contributed by atoms with Crippen molar-refractivity contribution in [1.29, 1.82) is 0 Å². The Balaban J connectivity index is 1.43. The van der Waals surface area contributed by atoms with E-state index in [2.05, 4.69) is 22.5 Å². The third-order valence-corrected chi connectivity index (χ3v) is 10.5. The van der Waals surface area contributed by atoms with Crippen LogP contribution in [0.5, 0.6) is 5.75 Å². The number of ether oxygens (including phenoxy) is 2. The number of likely N-dealkylation sites (N-methyl/N-ethyl adjacent to an activating group) is 1. The first-order valence-corrected chi connectivity index (χ1v) is 20.0. The molecule has 0 spiro atoms. The Labute approximate surface area is 335 Å². The Hall–Kier alpha value is -3.87. The van der Waals surface area contributed by atoms with Crippen LogP contribution in [0.15, 0.2) is 60.7 Å². The van der Waals surface area contributed by atoms with E-state index in [1.54, 1.807) is 41.3 Å². The van der Waals surface area contributed by atoms with Crippen LogP contribution >= 0.6 is 23.2 Å². The number of amides is 3. The van der Waals surface area contributed by atoms with E-state index >= 15 is 0 Å². The number of nitrogen functional groups attached to an aromatic ring is 1. The highest BCUT2D eigenvalue weighted by molar-refractivity contribution is 6.42. The van der Waals surface area contributed by atoms with Crippen molar-refractivity contribution in [3.8, 4) is 5.75 Å². The molecule has 1 heterocycles. The fourth-order valence-electron chi connectivity index (χ4n) is 6.58. The summed E-state index contributed by atoms with van der Waals surface area (Å²) < 4.78 is 12.8. The number of carbonyl (C=O) groups is 3. The lowest BCUT2D eigenvalue weighted by Gasteiger charge is -2.36. The van der Waals surface area contributed by atoms with E-state index in [0.29, 0.717) is 90.3 Å². The standard InChI is InChI=1S/C42H57Cl2N5O6/c1-28-24-49(29(2)27-50)42(53)33-23-32(46-40(51)15-6-5-7-16-41(52)47-37-14-9-8-13-36(37)45)18-20-38(33)55-30(3)12-10-11-21-54-39(28)26-48(4)25-31-17-19-34(43)35(44)22-31/h8-9,13-14,17-20,22-23,28-30,39,50H,5-7,10-12,15-16,21,24-27,45H2,1-4H3,(H,46,51)(H,47,52)/t28-,29+,30+,39+/m0/s1. The van der Waals surface area contributed by atoms with Gasteiger partial charge in [-0.1, -0.05) is 54.7 Å². The number of aliphatic hydroxyl groups excluding tert-OH is 1. The van der Waals surface area contributed by atoms with Gasteiger partial charge in [0.05, 0.1) is 51.8 Å². The number of benzene rings is 3. The van der Waals surface area contributed by atoms with Crippen LogP contribution < -0.4 is 21.1 Å². The summed E-state index contributed by atoms with van der Waals surface area (Å²) in [5.41, 5.74) is 8.83. The van der Waals surface area contributed by atoms with Crippen LogP contribution in [-0.4, -0.2) is 84.2 Å².